The molecular formula is C20H25N3O3. The highest BCUT2D eigenvalue weighted by Gasteiger charge is 2.22. The van der Waals surface area contributed by atoms with Crippen LogP contribution in [0.3, 0.4) is 0 Å². The first kappa shape index (κ1) is 19.6. The van der Waals surface area contributed by atoms with E-state index in [0.29, 0.717) is 0 Å². The van der Waals surface area contributed by atoms with E-state index in [9.17, 15) is 14.7 Å². The highest BCUT2D eigenvalue weighted by molar-refractivity contribution is 5.79. The molecule has 1 heterocycles. The van der Waals surface area contributed by atoms with E-state index in [1.165, 1.54) is 0 Å². The van der Waals surface area contributed by atoms with Crippen LogP contribution in [-0.2, 0) is 15.0 Å². The summed E-state index contributed by atoms with van der Waals surface area (Å²) in [6, 6.07) is 9.07. The van der Waals surface area contributed by atoms with Gasteiger partial charge in [0.1, 0.15) is 0 Å². The molecule has 2 aromatic rings. The second-order valence-electron chi connectivity index (χ2n) is 7.26. The zero-order chi connectivity index (χ0) is 19.3. The molecule has 4 N–H and O–H groups in total. The fraction of sp³-hybridized carbons (Fsp3) is 0.350. The lowest BCUT2D eigenvalue weighted by Gasteiger charge is -2.24. The number of aromatic nitrogens is 1. The molecule has 1 aromatic carbocycles. The quantitative estimate of drug-likeness (QED) is 0.739. The Bertz CT molecular complexity index is 783. The number of hydrogen-bond donors (Lipinski definition) is 3. The Balaban J connectivity index is 2.57. The molecule has 0 spiro atoms. The standard InChI is InChI=1S/C20H25N3O3/c1-20(2,3)16-8-14(13-5-4-6-22-12-13)7-15(9-16)17(10-19(25)26)23-18(24)11-21/h4-9,12,17H,10-11,21H2,1-3H3,(H,23,24)(H,25,26). The van der Waals surface area contributed by atoms with E-state index < -0.39 is 12.0 Å². The number of benzene rings is 1. The summed E-state index contributed by atoms with van der Waals surface area (Å²) in [7, 11) is 0. The van der Waals surface area contributed by atoms with Gasteiger partial charge in [-0.15, -0.1) is 0 Å². The Morgan fingerprint density at radius 1 is 1.23 bits per heavy atom. The number of amides is 1. The van der Waals surface area contributed by atoms with Crippen molar-refractivity contribution < 1.29 is 14.7 Å². The molecule has 0 radical (unpaired) electrons. The smallest absolute Gasteiger partial charge is 0.305 e. The van der Waals surface area contributed by atoms with Crippen molar-refractivity contribution >= 4 is 11.9 Å². The molecule has 0 aliphatic heterocycles. The van der Waals surface area contributed by atoms with Crippen LogP contribution in [-0.4, -0.2) is 28.5 Å². The first-order chi connectivity index (χ1) is 12.2. The second-order valence-corrected chi connectivity index (χ2v) is 7.26. The van der Waals surface area contributed by atoms with Crippen molar-refractivity contribution in [3.05, 3.63) is 53.9 Å². The van der Waals surface area contributed by atoms with Gasteiger partial charge < -0.3 is 16.2 Å². The van der Waals surface area contributed by atoms with Crippen LogP contribution in [0.5, 0.6) is 0 Å². The summed E-state index contributed by atoms with van der Waals surface area (Å²) in [5, 5.41) is 12.0. The minimum Gasteiger partial charge on any atom is -0.481 e. The molecule has 1 unspecified atom stereocenters. The highest BCUT2D eigenvalue weighted by Crippen LogP contribution is 2.32. The predicted octanol–water partition coefficient (Wildman–Crippen LogP) is 2.64. The van der Waals surface area contributed by atoms with Gasteiger partial charge in [-0.2, -0.15) is 0 Å². The normalized spacial score (nSPS) is 12.5. The molecule has 1 aromatic heterocycles. The largest absolute Gasteiger partial charge is 0.481 e. The number of pyridine rings is 1. The van der Waals surface area contributed by atoms with Crippen molar-refractivity contribution in [3.63, 3.8) is 0 Å². The van der Waals surface area contributed by atoms with Gasteiger partial charge in [0.2, 0.25) is 5.91 Å². The summed E-state index contributed by atoms with van der Waals surface area (Å²) in [4.78, 5) is 27.2. The molecule has 0 fully saturated rings. The van der Waals surface area contributed by atoms with E-state index in [0.717, 1.165) is 22.3 Å². The fourth-order valence-electron chi connectivity index (χ4n) is 2.67. The van der Waals surface area contributed by atoms with Gasteiger partial charge in [-0.3, -0.25) is 14.6 Å². The Morgan fingerprint density at radius 2 is 1.96 bits per heavy atom. The minimum atomic E-state index is -0.989. The van der Waals surface area contributed by atoms with Gasteiger partial charge in [0.05, 0.1) is 19.0 Å². The third-order valence-electron chi connectivity index (χ3n) is 4.12. The summed E-state index contributed by atoms with van der Waals surface area (Å²) in [6.45, 7) is 6.07. The number of nitrogens with zero attached hydrogens (tertiary/aromatic N) is 1. The first-order valence-corrected chi connectivity index (χ1v) is 8.48. The van der Waals surface area contributed by atoms with Crippen molar-refractivity contribution in [2.45, 2.75) is 38.6 Å². The molecule has 0 saturated heterocycles. The minimum absolute atomic E-state index is 0.140. The average molecular weight is 355 g/mol. The molecule has 6 nitrogen and oxygen atoms in total. The number of carboxylic acid groups (broad SMARTS) is 1. The number of carbonyl (C=O) groups is 2. The lowest BCUT2D eigenvalue weighted by atomic mass is 9.83. The summed E-state index contributed by atoms with van der Waals surface area (Å²) >= 11 is 0. The number of rotatable bonds is 6. The van der Waals surface area contributed by atoms with E-state index in [4.69, 9.17) is 5.73 Å². The Hall–Kier alpha value is -2.73. The van der Waals surface area contributed by atoms with E-state index in [-0.39, 0.29) is 24.3 Å². The van der Waals surface area contributed by atoms with Gasteiger partial charge in [-0.1, -0.05) is 39.0 Å². The Morgan fingerprint density at radius 3 is 2.50 bits per heavy atom. The van der Waals surface area contributed by atoms with Crippen LogP contribution in [0.25, 0.3) is 11.1 Å². The highest BCUT2D eigenvalue weighted by atomic mass is 16.4. The van der Waals surface area contributed by atoms with E-state index in [1.807, 2.05) is 24.3 Å². The summed E-state index contributed by atoms with van der Waals surface area (Å²) < 4.78 is 0. The summed E-state index contributed by atoms with van der Waals surface area (Å²) in [5.41, 5.74) is 8.88. The molecular weight excluding hydrogens is 330 g/mol. The second kappa shape index (κ2) is 8.10. The maximum absolute atomic E-state index is 11.8. The average Bonchev–Trinajstić information content (AvgIpc) is 2.60. The number of aliphatic carboxylic acids is 1. The van der Waals surface area contributed by atoms with E-state index >= 15 is 0 Å². The van der Waals surface area contributed by atoms with Crippen LogP contribution in [0.1, 0.15) is 44.4 Å². The van der Waals surface area contributed by atoms with Gasteiger partial charge in [0.15, 0.2) is 0 Å². The number of hydrogen-bond acceptors (Lipinski definition) is 4. The van der Waals surface area contributed by atoms with Gasteiger partial charge in [0.25, 0.3) is 0 Å². The molecule has 0 aliphatic carbocycles. The molecule has 138 valence electrons. The van der Waals surface area contributed by atoms with E-state index in [2.05, 4.69) is 37.1 Å². The van der Waals surface area contributed by atoms with Crippen LogP contribution in [0, 0.1) is 0 Å². The topological polar surface area (TPSA) is 105 Å². The SMILES string of the molecule is CC(C)(C)c1cc(-c2cccnc2)cc(C(CC(=O)O)NC(=O)CN)c1. The number of carboxylic acids is 1. The summed E-state index contributed by atoms with van der Waals surface area (Å²) in [6.07, 6.45) is 3.24. The number of nitrogens with one attached hydrogen (secondary N) is 1. The van der Waals surface area contributed by atoms with Crippen molar-refractivity contribution in [1.29, 1.82) is 0 Å². The molecule has 0 aliphatic rings. The van der Waals surface area contributed by atoms with Crippen molar-refractivity contribution in [1.82, 2.24) is 10.3 Å². The first-order valence-electron chi connectivity index (χ1n) is 8.48. The van der Waals surface area contributed by atoms with Crippen molar-refractivity contribution in [2.24, 2.45) is 5.73 Å². The monoisotopic (exact) mass is 355 g/mol. The lowest BCUT2D eigenvalue weighted by Crippen LogP contribution is -2.35. The Labute approximate surface area is 153 Å². The maximum Gasteiger partial charge on any atom is 0.305 e. The predicted molar refractivity (Wildman–Crippen MR) is 101 cm³/mol. The van der Waals surface area contributed by atoms with E-state index in [1.54, 1.807) is 12.4 Å². The maximum atomic E-state index is 11.8. The van der Waals surface area contributed by atoms with Crippen LogP contribution in [0.2, 0.25) is 0 Å². The Kier molecular flexibility index (Phi) is 6.10. The molecule has 26 heavy (non-hydrogen) atoms. The van der Waals surface area contributed by atoms with Crippen LogP contribution in [0.4, 0.5) is 0 Å². The molecule has 2 rings (SSSR count). The third kappa shape index (κ3) is 5.13. The van der Waals surface area contributed by atoms with Crippen molar-refractivity contribution in [2.75, 3.05) is 6.54 Å². The molecule has 0 saturated carbocycles. The molecule has 1 atom stereocenters. The van der Waals surface area contributed by atoms with Gasteiger partial charge in [-0.25, -0.2) is 0 Å². The third-order valence-corrected chi connectivity index (χ3v) is 4.12. The van der Waals surface area contributed by atoms with Gasteiger partial charge >= 0.3 is 5.97 Å². The zero-order valence-electron chi connectivity index (χ0n) is 15.3. The number of nitrogens with two attached hydrogens (primary N) is 1. The number of carbonyl (C=O) groups excluding carboxylic acids is 1. The van der Waals surface area contributed by atoms with Crippen molar-refractivity contribution in [3.8, 4) is 11.1 Å². The van der Waals surface area contributed by atoms with Crippen LogP contribution in [0.15, 0.2) is 42.7 Å². The summed E-state index contributed by atoms with van der Waals surface area (Å²) in [5.74, 6) is -1.38. The van der Waals surface area contributed by atoms with Gasteiger partial charge in [-0.05, 0) is 34.2 Å². The van der Waals surface area contributed by atoms with Crippen LogP contribution < -0.4 is 11.1 Å². The lowest BCUT2D eigenvalue weighted by molar-refractivity contribution is -0.137. The zero-order valence-corrected chi connectivity index (χ0v) is 15.3. The molecule has 1 amide bonds. The van der Waals surface area contributed by atoms with Gasteiger partial charge in [0, 0.05) is 18.0 Å². The van der Waals surface area contributed by atoms with Crippen LogP contribution >= 0.6 is 0 Å². The molecule has 0 bridgehead atoms. The fourth-order valence-corrected chi connectivity index (χ4v) is 2.67. The molecule has 6 heteroatoms.